The van der Waals surface area contributed by atoms with E-state index in [4.69, 9.17) is 5.73 Å². The minimum Gasteiger partial charge on any atom is -0.373 e. The number of thioether (sulfide) groups is 1. The molecule has 0 fully saturated rings. The summed E-state index contributed by atoms with van der Waals surface area (Å²) < 4.78 is 0. The monoisotopic (exact) mass is 184 g/mol. The molecule has 3 N–H and O–H groups in total. The molecule has 0 radical (unpaired) electrons. The van der Waals surface area contributed by atoms with E-state index in [9.17, 15) is 0 Å². The van der Waals surface area contributed by atoms with E-state index in [2.05, 4.69) is 22.2 Å². The van der Waals surface area contributed by atoms with Crippen molar-refractivity contribution in [1.29, 1.82) is 0 Å². The van der Waals surface area contributed by atoms with Crippen LogP contribution in [0.5, 0.6) is 0 Å². The van der Waals surface area contributed by atoms with Gasteiger partial charge < -0.3 is 11.1 Å². The Balaban J connectivity index is 2.90. The van der Waals surface area contributed by atoms with Gasteiger partial charge in [0.25, 0.3) is 0 Å². The number of anilines is 2. The largest absolute Gasteiger partial charge is 0.373 e. The zero-order valence-corrected chi connectivity index (χ0v) is 7.98. The van der Waals surface area contributed by atoms with E-state index in [1.807, 2.05) is 13.1 Å². The maximum Gasteiger partial charge on any atom is 0.223 e. The van der Waals surface area contributed by atoms with E-state index < -0.39 is 0 Å². The lowest BCUT2D eigenvalue weighted by Gasteiger charge is -2.02. The number of nitrogens with one attached hydrogen (secondary N) is 1. The summed E-state index contributed by atoms with van der Waals surface area (Å²) >= 11 is 1.65. The summed E-state index contributed by atoms with van der Waals surface area (Å²) in [4.78, 5) is 8.04. The smallest absolute Gasteiger partial charge is 0.223 e. The molecule has 4 nitrogen and oxygen atoms in total. The SMILES string of the molecule is CCSc1cc(NC)nc(N)n1. The summed E-state index contributed by atoms with van der Waals surface area (Å²) in [5.74, 6) is 2.07. The molecule has 1 heterocycles. The van der Waals surface area contributed by atoms with E-state index in [1.165, 1.54) is 0 Å². The van der Waals surface area contributed by atoms with Gasteiger partial charge in [-0.1, -0.05) is 6.92 Å². The number of nitrogen functional groups attached to an aromatic ring is 1. The molecule has 66 valence electrons. The van der Waals surface area contributed by atoms with E-state index in [-0.39, 0.29) is 0 Å². The Bertz CT molecular complexity index is 264. The second kappa shape index (κ2) is 4.15. The second-order valence-corrected chi connectivity index (χ2v) is 3.42. The van der Waals surface area contributed by atoms with Crippen molar-refractivity contribution in [3.8, 4) is 0 Å². The zero-order valence-electron chi connectivity index (χ0n) is 7.16. The summed E-state index contributed by atoms with van der Waals surface area (Å²) in [6.45, 7) is 2.07. The van der Waals surface area contributed by atoms with Crippen LogP contribution in [-0.4, -0.2) is 22.8 Å². The van der Waals surface area contributed by atoms with Crippen LogP contribution in [0.15, 0.2) is 11.1 Å². The molecule has 0 atom stereocenters. The molecule has 0 aliphatic rings. The van der Waals surface area contributed by atoms with Crippen LogP contribution < -0.4 is 11.1 Å². The Kier molecular flexibility index (Phi) is 3.16. The van der Waals surface area contributed by atoms with Crippen LogP contribution in [0.1, 0.15) is 6.92 Å². The molecule has 5 heteroatoms. The summed E-state index contributed by atoms with van der Waals surface area (Å²) in [6, 6.07) is 1.88. The van der Waals surface area contributed by atoms with Gasteiger partial charge in [0, 0.05) is 13.1 Å². The first-order valence-corrected chi connectivity index (χ1v) is 4.70. The molecule has 0 aromatic carbocycles. The minimum absolute atomic E-state index is 0.317. The van der Waals surface area contributed by atoms with Gasteiger partial charge in [0.1, 0.15) is 10.8 Å². The summed E-state index contributed by atoms with van der Waals surface area (Å²) in [7, 11) is 1.81. The normalized spacial score (nSPS) is 9.83. The molecule has 0 unspecified atom stereocenters. The quantitative estimate of drug-likeness (QED) is 0.546. The predicted molar refractivity (Wildman–Crippen MR) is 52.4 cm³/mol. The Morgan fingerprint density at radius 1 is 1.58 bits per heavy atom. The molecule has 0 aliphatic heterocycles. The van der Waals surface area contributed by atoms with Gasteiger partial charge in [-0.15, -0.1) is 11.8 Å². The Hall–Kier alpha value is -0.970. The van der Waals surface area contributed by atoms with Gasteiger partial charge in [0.2, 0.25) is 5.95 Å². The molecule has 0 amide bonds. The lowest BCUT2D eigenvalue weighted by Crippen LogP contribution is -2.00. The molecule has 0 bridgehead atoms. The fraction of sp³-hybridized carbons (Fsp3) is 0.429. The first-order valence-electron chi connectivity index (χ1n) is 3.71. The van der Waals surface area contributed by atoms with Gasteiger partial charge in [-0.2, -0.15) is 4.98 Å². The molecule has 12 heavy (non-hydrogen) atoms. The van der Waals surface area contributed by atoms with Gasteiger partial charge in [0.15, 0.2) is 0 Å². The van der Waals surface area contributed by atoms with Crippen LogP contribution in [-0.2, 0) is 0 Å². The van der Waals surface area contributed by atoms with Crippen LogP contribution in [0.4, 0.5) is 11.8 Å². The third-order valence-corrected chi connectivity index (χ3v) is 2.06. The molecule has 0 aliphatic carbocycles. The van der Waals surface area contributed by atoms with Gasteiger partial charge in [-0.05, 0) is 5.75 Å². The van der Waals surface area contributed by atoms with E-state index >= 15 is 0 Å². The standard InChI is InChI=1S/C7H12N4S/c1-3-12-6-4-5(9-2)10-7(8)11-6/h4H,3H2,1-2H3,(H3,8,9,10,11). The lowest BCUT2D eigenvalue weighted by atomic mass is 10.6. The number of rotatable bonds is 3. The van der Waals surface area contributed by atoms with E-state index in [0.29, 0.717) is 5.95 Å². The van der Waals surface area contributed by atoms with E-state index in [0.717, 1.165) is 16.6 Å². The van der Waals surface area contributed by atoms with Crippen LogP contribution >= 0.6 is 11.8 Å². The van der Waals surface area contributed by atoms with Crippen molar-refractivity contribution < 1.29 is 0 Å². The second-order valence-electron chi connectivity index (χ2n) is 2.13. The van der Waals surface area contributed by atoms with Crippen molar-refractivity contribution in [3.63, 3.8) is 0 Å². The first-order chi connectivity index (χ1) is 5.76. The van der Waals surface area contributed by atoms with Crippen molar-refractivity contribution in [2.24, 2.45) is 0 Å². The highest BCUT2D eigenvalue weighted by molar-refractivity contribution is 7.99. The molecular formula is C7H12N4S. The van der Waals surface area contributed by atoms with Crippen LogP contribution in [0.3, 0.4) is 0 Å². The molecular weight excluding hydrogens is 172 g/mol. The average Bonchev–Trinajstić information content (AvgIpc) is 2.04. The van der Waals surface area contributed by atoms with Gasteiger partial charge in [-0.25, -0.2) is 4.98 Å². The molecule has 1 rings (SSSR count). The first kappa shape index (κ1) is 9.12. The summed E-state index contributed by atoms with van der Waals surface area (Å²) in [5.41, 5.74) is 5.49. The van der Waals surface area contributed by atoms with Crippen LogP contribution in [0.2, 0.25) is 0 Å². The Morgan fingerprint density at radius 3 is 2.92 bits per heavy atom. The number of hydrogen-bond acceptors (Lipinski definition) is 5. The van der Waals surface area contributed by atoms with Crippen molar-refractivity contribution in [1.82, 2.24) is 9.97 Å². The highest BCUT2D eigenvalue weighted by atomic mass is 32.2. The third kappa shape index (κ3) is 2.27. The summed E-state index contributed by atoms with van der Waals surface area (Å²) in [5, 5.41) is 3.83. The zero-order chi connectivity index (χ0) is 8.97. The Labute approximate surface area is 76.0 Å². The highest BCUT2D eigenvalue weighted by Crippen LogP contribution is 2.18. The number of hydrogen-bond donors (Lipinski definition) is 2. The molecule has 1 aromatic rings. The molecule has 0 saturated heterocycles. The van der Waals surface area contributed by atoms with Gasteiger partial charge >= 0.3 is 0 Å². The Morgan fingerprint density at radius 2 is 2.33 bits per heavy atom. The molecule has 0 saturated carbocycles. The third-order valence-electron chi connectivity index (χ3n) is 1.27. The van der Waals surface area contributed by atoms with Gasteiger partial charge in [-0.3, -0.25) is 0 Å². The molecule has 1 aromatic heterocycles. The average molecular weight is 184 g/mol. The van der Waals surface area contributed by atoms with Crippen molar-refractivity contribution in [3.05, 3.63) is 6.07 Å². The minimum atomic E-state index is 0.317. The van der Waals surface area contributed by atoms with Gasteiger partial charge in [0.05, 0.1) is 0 Å². The lowest BCUT2D eigenvalue weighted by molar-refractivity contribution is 1.06. The van der Waals surface area contributed by atoms with Crippen molar-refractivity contribution >= 4 is 23.5 Å². The molecule has 0 spiro atoms. The maximum absolute atomic E-state index is 5.49. The number of nitrogens with zero attached hydrogens (tertiary/aromatic N) is 2. The predicted octanol–water partition coefficient (Wildman–Crippen LogP) is 1.21. The highest BCUT2D eigenvalue weighted by Gasteiger charge is 1.99. The number of aromatic nitrogens is 2. The number of nitrogens with two attached hydrogens (primary N) is 1. The topological polar surface area (TPSA) is 63.8 Å². The fourth-order valence-electron chi connectivity index (χ4n) is 0.793. The fourth-order valence-corrected chi connectivity index (χ4v) is 1.44. The van der Waals surface area contributed by atoms with Crippen LogP contribution in [0.25, 0.3) is 0 Å². The van der Waals surface area contributed by atoms with Crippen LogP contribution in [0, 0.1) is 0 Å². The summed E-state index contributed by atoms with van der Waals surface area (Å²) in [6.07, 6.45) is 0. The maximum atomic E-state index is 5.49. The van der Waals surface area contributed by atoms with Crippen molar-refractivity contribution in [2.75, 3.05) is 23.9 Å². The van der Waals surface area contributed by atoms with Crippen molar-refractivity contribution in [2.45, 2.75) is 11.9 Å². The van der Waals surface area contributed by atoms with E-state index in [1.54, 1.807) is 11.8 Å².